The van der Waals surface area contributed by atoms with Crippen LogP contribution in [0.15, 0.2) is 0 Å². The number of nitrogens with one attached hydrogen (secondary N) is 2. The van der Waals surface area contributed by atoms with E-state index in [9.17, 15) is 4.79 Å². The Kier molecular flexibility index (Phi) is 4.29. The van der Waals surface area contributed by atoms with Gasteiger partial charge >= 0.3 is 0 Å². The van der Waals surface area contributed by atoms with Crippen LogP contribution in [0, 0.1) is 5.92 Å². The van der Waals surface area contributed by atoms with Crippen molar-refractivity contribution < 1.29 is 14.3 Å². The van der Waals surface area contributed by atoms with E-state index in [-0.39, 0.29) is 11.9 Å². The standard InChI is InChI=1S/C15H26N2O3/c1-19-15(6-8-16-9-7-15)14(18)17-12-3-2-4-13-11(12)5-10-20-13/h11-13,16H,2-10H2,1H3,(H,17,18). The lowest BCUT2D eigenvalue weighted by atomic mass is 9.81. The summed E-state index contributed by atoms with van der Waals surface area (Å²) in [5, 5.41) is 6.57. The highest BCUT2D eigenvalue weighted by atomic mass is 16.5. The molecule has 2 saturated heterocycles. The van der Waals surface area contributed by atoms with Crippen molar-refractivity contribution in [1.82, 2.24) is 10.6 Å². The molecule has 20 heavy (non-hydrogen) atoms. The van der Waals surface area contributed by atoms with Gasteiger partial charge < -0.3 is 20.1 Å². The Bertz CT molecular complexity index is 355. The van der Waals surface area contributed by atoms with Crippen LogP contribution in [0.2, 0.25) is 0 Å². The predicted octanol–water partition coefficient (Wildman–Crippen LogP) is 0.829. The van der Waals surface area contributed by atoms with Crippen LogP contribution in [0.5, 0.6) is 0 Å². The minimum atomic E-state index is -0.627. The Hall–Kier alpha value is -0.650. The van der Waals surface area contributed by atoms with Crippen molar-refractivity contribution in [1.29, 1.82) is 0 Å². The molecular formula is C15H26N2O3. The van der Waals surface area contributed by atoms with Crippen molar-refractivity contribution in [3.05, 3.63) is 0 Å². The van der Waals surface area contributed by atoms with Crippen LogP contribution in [0.25, 0.3) is 0 Å². The Labute approximate surface area is 120 Å². The van der Waals surface area contributed by atoms with Gasteiger partial charge in [0.25, 0.3) is 5.91 Å². The third-order valence-corrected chi connectivity index (χ3v) is 5.31. The minimum Gasteiger partial charge on any atom is -0.378 e. The molecule has 0 aromatic rings. The van der Waals surface area contributed by atoms with Crippen LogP contribution in [0.1, 0.15) is 38.5 Å². The third kappa shape index (κ3) is 2.59. The first-order valence-corrected chi connectivity index (χ1v) is 7.94. The number of carbonyl (C=O) groups is 1. The van der Waals surface area contributed by atoms with Gasteiger partial charge in [-0.15, -0.1) is 0 Å². The normalized spacial score (nSPS) is 36.4. The summed E-state index contributed by atoms with van der Waals surface area (Å²) in [6, 6.07) is 0.269. The first kappa shape index (κ1) is 14.3. The smallest absolute Gasteiger partial charge is 0.252 e. The van der Waals surface area contributed by atoms with Gasteiger partial charge in [-0.3, -0.25) is 4.79 Å². The molecule has 0 radical (unpaired) electrons. The summed E-state index contributed by atoms with van der Waals surface area (Å²) in [6.07, 6.45) is 6.33. The van der Waals surface area contributed by atoms with Gasteiger partial charge in [-0.05, 0) is 51.6 Å². The summed E-state index contributed by atoms with van der Waals surface area (Å²) < 4.78 is 11.4. The second kappa shape index (κ2) is 6.00. The molecule has 1 saturated carbocycles. The lowest BCUT2D eigenvalue weighted by Gasteiger charge is -2.39. The fourth-order valence-corrected chi connectivity index (χ4v) is 4.01. The van der Waals surface area contributed by atoms with Gasteiger partial charge in [0.1, 0.15) is 5.60 Å². The summed E-state index contributed by atoms with van der Waals surface area (Å²) in [5.41, 5.74) is -0.627. The van der Waals surface area contributed by atoms with Crippen molar-refractivity contribution in [2.45, 2.75) is 56.3 Å². The molecule has 2 N–H and O–H groups in total. The lowest BCUT2D eigenvalue weighted by molar-refractivity contribution is -0.148. The fraction of sp³-hybridized carbons (Fsp3) is 0.933. The largest absolute Gasteiger partial charge is 0.378 e. The highest BCUT2D eigenvalue weighted by Gasteiger charge is 2.44. The monoisotopic (exact) mass is 282 g/mol. The number of methoxy groups -OCH3 is 1. The summed E-state index contributed by atoms with van der Waals surface area (Å²) in [5.74, 6) is 0.586. The number of hydrogen-bond donors (Lipinski definition) is 2. The van der Waals surface area contributed by atoms with Crippen LogP contribution < -0.4 is 10.6 Å². The molecule has 0 spiro atoms. The third-order valence-electron chi connectivity index (χ3n) is 5.31. The molecule has 3 aliphatic rings. The van der Waals surface area contributed by atoms with E-state index in [1.807, 2.05) is 0 Å². The van der Waals surface area contributed by atoms with Gasteiger partial charge in [-0.1, -0.05) is 0 Å². The van der Waals surface area contributed by atoms with Gasteiger partial charge in [0.2, 0.25) is 0 Å². The van der Waals surface area contributed by atoms with E-state index in [4.69, 9.17) is 9.47 Å². The Morgan fingerprint density at radius 1 is 1.30 bits per heavy atom. The molecule has 3 rings (SSSR count). The maximum Gasteiger partial charge on any atom is 0.252 e. The van der Waals surface area contributed by atoms with Gasteiger partial charge in [-0.25, -0.2) is 0 Å². The van der Waals surface area contributed by atoms with Gasteiger partial charge in [0.05, 0.1) is 6.10 Å². The van der Waals surface area contributed by atoms with E-state index in [0.717, 1.165) is 58.2 Å². The van der Waals surface area contributed by atoms with E-state index in [1.165, 1.54) is 0 Å². The van der Waals surface area contributed by atoms with Crippen LogP contribution in [0.3, 0.4) is 0 Å². The fourth-order valence-electron chi connectivity index (χ4n) is 4.01. The van der Waals surface area contributed by atoms with Crippen LogP contribution in [0.4, 0.5) is 0 Å². The predicted molar refractivity (Wildman–Crippen MR) is 75.5 cm³/mol. The van der Waals surface area contributed by atoms with Gasteiger partial charge in [-0.2, -0.15) is 0 Å². The van der Waals surface area contributed by atoms with Crippen molar-refractivity contribution in [3.63, 3.8) is 0 Å². The zero-order valence-electron chi connectivity index (χ0n) is 12.3. The highest BCUT2D eigenvalue weighted by Crippen LogP contribution is 2.35. The number of hydrogen-bond acceptors (Lipinski definition) is 4. The second-order valence-electron chi connectivity index (χ2n) is 6.32. The van der Waals surface area contributed by atoms with E-state index in [2.05, 4.69) is 10.6 Å². The molecule has 3 atom stereocenters. The Morgan fingerprint density at radius 3 is 2.85 bits per heavy atom. The van der Waals surface area contributed by atoms with Crippen molar-refractivity contribution in [2.75, 3.05) is 26.8 Å². The zero-order chi connectivity index (χ0) is 14.0. The quantitative estimate of drug-likeness (QED) is 0.805. The van der Waals surface area contributed by atoms with E-state index >= 15 is 0 Å². The van der Waals surface area contributed by atoms with Gasteiger partial charge in [0.15, 0.2) is 0 Å². The summed E-state index contributed by atoms with van der Waals surface area (Å²) in [6.45, 7) is 2.54. The van der Waals surface area contributed by atoms with Crippen molar-refractivity contribution >= 4 is 5.91 Å². The molecule has 3 fully saturated rings. The van der Waals surface area contributed by atoms with Crippen LogP contribution in [-0.2, 0) is 14.3 Å². The first-order valence-electron chi connectivity index (χ1n) is 7.94. The summed E-state index contributed by atoms with van der Waals surface area (Å²) >= 11 is 0. The highest BCUT2D eigenvalue weighted by molar-refractivity contribution is 5.85. The molecule has 5 heteroatoms. The molecule has 1 amide bonds. The maximum absolute atomic E-state index is 12.7. The number of rotatable bonds is 3. The molecule has 5 nitrogen and oxygen atoms in total. The molecular weight excluding hydrogens is 256 g/mol. The second-order valence-corrected chi connectivity index (χ2v) is 6.32. The number of carbonyl (C=O) groups excluding carboxylic acids is 1. The molecule has 0 bridgehead atoms. The first-order chi connectivity index (χ1) is 9.75. The molecule has 3 unspecified atom stereocenters. The summed E-state index contributed by atoms with van der Waals surface area (Å²) in [7, 11) is 1.66. The van der Waals surface area contributed by atoms with Crippen LogP contribution >= 0.6 is 0 Å². The topological polar surface area (TPSA) is 59.6 Å². The van der Waals surface area contributed by atoms with Crippen LogP contribution in [-0.4, -0.2) is 50.5 Å². The van der Waals surface area contributed by atoms with Crippen molar-refractivity contribution in [3.8, 4) is 0 Å². The number of piperidine rings is 1. The lowest BCUT2D eigenvalue weighted by Crippen LogP contribution is -2.58. The molecule has 0 aromatic heterocycles. The minimum absolute atomic E-state index is 0.0825. The number of ether oxygens (including phenoxy) is 2. The molecule has 114 valence electrons. The zero-order valence-corrected chi connectivity index (χ0v) is 12.3. The molecule has 2 aliphatic heterocycles. The number of amides is 1. The van der Waals surface area contributed by atoms with E-state index in [0.29, 0.717) is 12.0 Å². The SMILES string of the molecule is COC1(C(=O)NC2CCCC3OCCC23)CCNCC1. The Morgan fingerprint density at radius 2 is 2.10 bits per heavy atom. The van der Waals surface area contributed by atoms with E-state index in [1.54, 1.807) is 7.11 Å². The maximum atomic E-state index is 12.7. The average molecular weight is 282 g/mol. The molecule has 1 aliphatic carbocycles. The average Bonchev–Trinajstić information content (AvgIpc) is 2.97. The van der Waals surface area contributed by atoms with Gasteiger partial charge in [0, 0.05) is 25.7 Å². The number of fused-ring (bicyclic) bond motifs is 1. The molecule has 2 heterocycles. The van der Waals surface area contributed by atoms with E-state index < -0.39 is 5.60 Å². The van der Waals surface area contributed by atoms with Crippen molar-refractivity contribution in [2.24, 2.45) is 5.92 Å². The summed E-state index contributed by atoms with van der Waals surface area (Å²) in [4.78, 5) is 12.7. The Balaban J connectivity index is 1.65. The molecule has 0 aromatic carbocycles.